The van der Waals surface area contributed by atoms with E-state index in [9.17, 15) is 9.59 Å². The number of carbonyl (C=O) groups is 2. The lowest BCUT2D eigenvalue weighted by molar-refractivity contribution is -0.123. The van der Waals surface area contributed by atoms with Gasteiger partial charge in [-0.05, 0) is 48.5 Å². The second-order valence-corrected chi connectivity index (χ2v) is 5.82. The minimum absolute atomic E-state index is 0.241. The van der Waals surface area contributed by atoms with Crippen molar-refractivity contribution < 1.29 is 19.1 Å². The van der Waals surface area contributed by atoms with Gasteiger partial charge in [-0.25, -0.2) is 0 Å². The fourth-order valence-electron chi connectivity index (χ4n) is 2.28. The average Bonchev–Trinajstić information content (AvgIpc) is 3.08. The van der Waals surface area contributed by atoms with E-state index in [0.29, 0.717) is 22.2 Å². The number of hydrogen-bond acceptors (Lipinski definition) is 4. The Bertz CT molecular complexity index is 937. The summed E-state index contributed by atoms with van der Waals surface area (Å²) in [6.45, 7) is -0.241. The number of nitrogens with one attached hydrogen (secondary N) is 3. The van der Waals surface area contributed by atoms with Crippen LogP contribution in [0, 0.1) is 0 Å². The number of rotatable bonds is 5. The average molecular weight is 374 g/mol. The molecule has 1 aromatic heterocycles. The molecule has 0 aliphatic carbocycles. The van der Waals surface area contributed by atoms with Crippen molar-refractivity contribution in [1.29, 1.82) is 0 Å². The Balaban J connectivity index is 1.50. The molecule has 0 bridgehead atoms. The quantitative estimate of drug-likeness (QED) is 0.599. The summed E-state index contributed by atoms with van der Waals surface area (Å²) in [6.07, 6.45) is 0. The molecule has 3 rings (SSSR count). The van der Waals surface area contributed by atoms with Gasteiger partial charge in [0.05, 0.1) is 7.11 Å². The molecule has 26 heavy (non-hydrogen) atoms. The molecule has 0 saturated heterocycles. The Kier molecular flexibility index (Phi) is 5.28. The van der Waals surface area contributed by atoms with E-state index < -0.39 is 11.8 Å². The van der Waals surface area contributed by atoms with Crippen LogP contribution < -0.4 is 20.3 Å². The fourth-order valence-corrected chi connectivity index (χ4v) is 2.46. The van der Waals surface area contributed by atoms with Crippen LogP contribution in [-0.2, 0) is 4.79 Å². The first kappa shape index (κ1) is 17.6. The van der Waals surface area contributed by atoms with Gasteiger partial charge in [-0.3, -0.25) is 20.4 Å². The number of hydrogen-bond donors (Lipinski definition) is 3. The SMILES string of the molecule is COc1ccc(OCC(=O)NNC(=O)c2cc3cc(Cl)ccc3[nH]2)cc1. The van der Waals surface area contributed by atoms with Crippen molar-refractivity contribution in [2.45, 2.75) is 0 Å². The topological polar surface area (TPSA) is 92.4 Å². The molecule has 134 valence electrons. The van der Waals surface area contributed by atoms with Gasteiger partial charge in [0, 0.05) is 15.9 Å². The van der Waals surface area contributed by atoms with Gasteiger partial charge < -0.3 is 14.5 Å². The normalized spacial score (nSPS) is 10.4. The van der Waals surface area contributed by atoms with Crippen molar-refractivity contribution in [3.05, 3.63) is 59.2 Å². The molecule has 0 aliphatic heterocycles. The smallest absolute Gasteiger partial charge is 0.286 e. The monoisotopic (exact) mass is 373 g/mol. The number of amides is 2. The second kappa shape index (κ2) is 7.79. The summed E-state index contributed by atoms with van der Waals surface area (Å²) in [7, 11) is 1.56. The summed E-state index contributed by atoms with van der Waals surface area (Å²) in [5.74, 6) is 0.233. The summed E-state index contributed by atoms with van der Waals surface area (Å²) >= 11 is 5.92. The van der Waals surface area contributed by atoms with E-state index in [1.165, 1.54) is 0 Å². The van der Waals surface area contributed by atoms with E-state index in [1.807, 2.05) is 0 Å². The minimum atomic E-state index is -0.492. The maximum absolute atomic E-state index is 12.1. The van der Waals surface area contributed by atoms with Crippen LogP contribution in [0.5, 0.6) is 11.5 Å². The fraction of sp³-hybridized carbons (Fsp3) is 0.111. The highest BCUT2D eigenvalue weighted by atomic mass is 35.5. The highest BCUT2D eigenvalue weighted by molar-refractivity contribution is 6.31. The molecule has 0 atom stereocenters. The van der Waals surface area contributed by atoms with E-state index in [0.717, 1.165) is 10.9 Å². The standard InChI is InChI=1S/C18H16ClN3O4/c1-25-13-3-5-14(6-4-13)26-10-17(23)21-22-18(24)16-9-11-8-12(19)2-7-15(11)20-16/h2-9,20H,10H2,1H3,(H,21,23)(H,22,24). The lowest BCUT2D eigenvalue weighted by atomic mass is 10.2. The largest absolute Gasteiger partial charge is 0.497 e. The number of hydrazine groups is 1. The number of aromatic amines is 1. The maximum Gasteiger partial charge on any atom is 0.286 e. The molecule has 0 spiro atoms. The number of carbonyl (C=O) groups excluding carboxylic acids is 2. The molecule has 3 aromatic rings. The van der Waals surface area contributed by atoms with E-state index in [1.54, 1.807) is 55.6 Å². The number of fused-ring (bicyclic) bond motifs is 1. The van der Waals surface area contributed by atoms with Gasteiger partial charge in [0.25, 0.3) is 11.8 Å². The predicted molar refractivity (Wildman–Crippen MR) is 97.4 cm³/mol. The first-order valence-electron chi connectivity index (χ1n) is 7.69. The summed E-state index contributed by atoms with van der Waals surface area (Å²) in [5.41, 5.74) is 5.70. The van der Waals surface area contributed by atoms with Crippen LogP contribution in [-0.4, -0.2) is 30.5 Å². The van der Waals surface area contributed by atoms with Crippen molar-refractivity contribution in [3.63, 3.8) is 0 Å². The number of halogens is 1. The van der Waals surface area contributed by atoms with Gasteiger partial charge in [0.1, 0.15) is 17.2 Å². The summed E-state index contributed by atoms with van der Waals surface area (Å²) in [6, 6.07) is 13.7. The van der Waals surface area contributed by atoms with Crippen molar-refractivity contribution in [3.8, 4) is 11.5 Å². The third-order valence-electron chi connectivity index (χ3n) is 3.57. The lowest BCUT2D eigenvalue weighted by Crippen LogP contribution is -2.43. The lowest BCUT2D eigenvalue weighted by Gasteiger charge is -2.08. The molecular formula is C18H16ClN3O4. The molecule has 2 amide bonds. The number of ether oxygens (including phenoxy) is 2. The van der Waals surface area contributed by atoms with Crippen molar-refractivity contribution in [1.82, 2.24) is 15.8 Å². The number of methoxy groups -OCH3 is 1. The van der Waals surface area contributed by atoms with E-state index in [4.69, 9.17) is 21.1 Å². The Morgan fingerprint density at radius 2 is 1.77 bits per heavy atom. The summed E-state index contributed by atoms with van der Waals surface area (Å²) in [5, 5.41) is 1.38. The third kappa shape index (κ3) is 4.25. The van der Waals surface area contributed by atoms with Crippen molar-refractivity contribution >= 4 is 34.3 Å². The molecule has 0 fully saturated rings. The number of H-pyrrole nitrogens is 1. The van der Waals surface area contributed by atoms with Crippen LogP contribution in [0.25, 0.3) is 10.9 Å². The zero-order valence-corrected chi connectivity index (χ0v) is 14.6. The van der Waals surface area contributed by atoms with Crippen LogP contribution >= 0.6 is 11.6 Å². The number of aromatic nitrogens is 1. The molecule has 0 saturated carbocycles. The second-order valence-electron chi connectivity index (χ2n) is 5.38. The van der Waals surface area contributed by atoms with Crippen LogP contribution in [0.1, 0.15) is 10.5 Å². The van der Waals surface area contributed by atoms with Gasteiger partial charge in [-0.15, -0.1) is 0 Å². The molecule has 0 unspecified atom stereocenters. The van der Waals surface area contributed by atoms with Gasteiger partial charge in [-0.2, -0.15) is 0 Å². The van der Waals surface area contributed by atoms with E-state index in [-0.39, 0.29) is 6.61 Å². The van der Waals surface area contributed by atoms with Gasteiger partial charge in [0.2, 0.25) is 0 Å². The first-order chi connectivity index (χ1) is 12.5. The van der Waals surface area contributed by atoms with Crippen molar-refractivity contribution in [2.24, 2.45) is 0 Å². The molecule has 8 heteroatoms. The molecule has 3 N–H and O–H groups in total. The predicted octanol–water partition coefficient (Wildman–Crippen LogP) is 2.67. The van der Waals surface area contributed by atoms with Crippen LogP contribution in [0.15, 0.2) is 48.5 Å². The molecule has 0 aliphatic rings. The van der Waals surface area contributed by atoms with Crippen LogP contribution in [0.3, 0.4) is 0 Å². The first-order valence-corrected chi connectivity index (χ1v) is 8.07. The van der Waals surface area contributed by atoms with Crippen LogP contribution in [0.4, 0.5) is 0 Å². The number of benzene rings is 2. The Labute approximate surface area is 154 Å². The highest BCUT2D eigenvalue weighted by Crippen LogP contribution is 2.20. The molecule has 7 nitrogen and oxygen atoms in total. The molecular weight excluding hydrogens is 358 g/mol. The Hall–Kier alpha value is -3.19. The Morgan fingerprint density at radius 1 is 1.04 bits per heavy atom. The van der Waals surface area contributed by atoms with E-state index >= 15 is 0 Å². The summed E-state index contributed by atoms with van der Waals surface area (Å²) in [4.78, 5) is 26.8. The zero-order chi connectivity index (χ0) is 18.5. The Morgan fingerprint density at radius 3 is 2.50 bits per heavy atom. The maximum atomic E-state index is 12.1. The molecule has 0 radical (unpaired) electrons. The minimum Gasteiger partial charge on any atom is -0.497 e. The summed E-state index contributed by atoms with van der Waals surface area (Å²) < 4.78 is 10.4. The highest BCUT2D eigenvalue weighted by Gasteiger charge is 2.11. The zero-order valence-electron chi connectivity index (χ0n) is 13.8. The van der Waals surface area contributed by atoms with Gasteiger partial charge >= 0.3 is 0 Å². The molecule has 1 heterocycles. The van der Waals surface area contributed by atoms with Gasteiger partial charge in [0.15, 0.2) is 6.61 Å². The molecule has 2 aromatic carbocycles. The van der Waals surface area contributed by atoms with Gasteiger partial charge in [-0.1, -0.05) is 11.6 Å². The van der Waals surface area contributed by atoms with Crippen molar-refractivity contribution in [2.75, 3.05) is 13.7 Å². The third-order valence-corrected chi connectivity index (χ3v) is 3.81. The van der Waals surface area contributed by atoms with E-state index in [2.05, 4.69) is 15.8 Å². The van der Waals surface area contributed by atoms with Crippen LogP contribution in [0.2, 0.25) is 5.02 Å².